The molecule has 0 saturated carbocycles. The van der Waals surface area contributed by atoms with Gasteiger partial charge in [0.05, 0.1) is 16.9 Å². The van der Waals surface area contributed by atoms with Crippen LogP contribution < -0.4 is 15.1 Å². The molecule has 2 amide bonds. The molecule has 0 spiro atoms. The Morgan fingerprint density at radius 2 is 1.83 bits per heavy atom. The van der Waals surface area contributed by atoms with Gasteiger partial charge in [-0.2, -0.15) is 0 Å². The van der Waals surface area contributed by atoms with Gasteiger partial charge in [-0.1, -0.05) is 24.3 Å². The number of rotatable bonds is 14. The number of esters is 1. The number of hydrogen-bond acceptors (Lipinski definition) is 6. The SMILES string of the molecule is CNC(=O)C(CCCC=O)N(C)c1cccc(C#CCCCCCC(=O)OC(C)(C)C)c1N(C)C=O. The van der Waals surface area contributed by atoms with Gasteiger partial charge in [-0.25, -0.2) is 0 Å². The van der Waals surface area contributed by atoms with Crippen molar-refractivity contribution in [2.24, 2.45) is 0 Å². The van der Waals surface area contributed by atoms with Crippen molar-refractivity contribution >= 4 is 35.9 Å². The number of anilines is 2. The Morgan fingerprint density at radius 3 is 2.44 bits per heavy atom. The second-order valence-corrected chi connectivity index (χ2v) is 9.68. The molecule has 0 heterocycles. The summed E-state index contributed by atoms with van der Waals surface area (Å²) in [6.07, 6.45) is 6.55. The van der Waals surface area contributed by atoms with Crippen molar-refractivity contribution in [2.45, 2.75) is 83.8 Å². The number of nitrogens with one attached hydrogen (secondary N) is 1. The first-order chi connectivity index (χ1) is 17.1. The highest BCUT2D eigenvalue weighted by atomic mass is 16.6. The van der Waals surface area contributed by atoms with Gasteiger partial charge in [-0.3, -0.25) is 14.4 Å². The van der Waals surface area contributed by atoms with E-state index in [1.165, 1.54) is 4.90 Å². The summed E-state index contributed by atoms with van der Waals surface area (Å²) in [5.74, 6) is 6.00. The lowest BCUT2D eigenvalue weighted by molar-refractivity contribution is -0.155. The number of para-hydroxylation sites is 1. The predicted molar refractivity (Wildman–Crippen MR) is 143 cm³/mol. The molecule has 1 atom stereocenters. The van der Waals surface area contributed by atoms with Crippen LogP contribution in [-0.4, -0.2) is 57.4 Å². The van der Waals surface area contributed by atoms with Crippen LogP contribution in [0.5, 0.6) is 0 Å². The van der Waals surface area contributed by atoms with E-state index in [2.05, 4.69) is 17.2 Å². The first-order valence-corrected chi connectivity index (χ1v) is 12.5. The molecule has 0 aliphatic carbocycles. The Morgan fingerprint density at radius 1 is 1.11 bits per heavy atom. The summed E-state index contributed by atoms with van der Waals surface area (Å²) in [6, 6.07) is 5.06. The summed E-state index contributed by atoms with van der Waals surface area (Å²) in [5, 5.41) is 2.69. The van der Waals surface area contributed by atoms with Gasteiger partial charge >= 0.3 is 5.97 Å². The van der Waals surface area contributed by atoms with E-state index in [0.717, 1.165) is 32.0 Å². The molecule has 0 radical (unpaired) electrons. The van der Waals surface area contributed by atoms with Crippen LogP contribution in [0, 0.1) is 11.8 Å². The fourth-order valence-electron chi connectivity index (χ4n) is 3.78. The van der Waals surface area contributed by atoms with Crippen molar-refractivity contribution in [1.82, 2.24) is 5.32 Å². The minimum atomic E-state index is -0.498. The van der Waals surface area contributed by atoms with Gasteiger partial charge in [-0.15, -0.1) is 0 Å². The summed E-state index contributed by atoms with van der Waals surface area (Å²) >= 11 is 0. The van der Waals surface area contributed by atoms with Gasteiger partial charge in [0.25, 0.3) is 0 Å². The van der Waals surface area contributed by atoms with Gasteiger partial charge in [0.15, 0.2) is 0 Å². The van der Waals surface area contributed by atoms with Crippen LogP contribution in [0.3, 0.4) is 0 Å². The average molecular weight is 500 g/mol. The van der Waals surface area contributed by atoms with E-state index in [-0.39, 0.29) is 11.9 Å². The number of nitrogens with zero attached hydrogens (tertiary/aromatic N) is 2. The molecule has 0 aliphatic rings. The summed E-state index contributed by atoms with van der Waals surface area (Å²) in [5.41, 5.74) is 1.55. The zero-order chi connectivity index (χ0) is 27.1. The van der Waals surface area contributed by atoms with Gasteiger partial charge < -0.3 is 24.6 Å². The molecule has 0 fully saturated rings. The molecular formula is C28H41N3O5. The maximum atomic E-state index is 12.6. The molecule has 36 heavy (non-hydrogen) atoms. The highest BCUT2D eigenvalue weighted by Crippen LogP contribution is 2.33. The number of ether oxygens (including phenoxy) is 1. The number of likely N-dealkylation sites (N-methyl/N-ethyl adjacent to an activating group) is 2. The summed E-state index contributed by atoms with van der Waals surface area (Å²) in [4.78, 5) is 50.1. The van der Waals surface area contributed by atoms with Gasteiger partial charge in [-0.05, 0) is 58.6 Å². The maximum absolute atomic E-state index is 12.6. The molecule has 1 rings (SSSR count). The summed E-state index contributed by atoms with van der Waals surface area (Å²) < 4.78 is 5.32. The van der Waals surface area contributed by atoms with Gasteiger partial charge in [0, 0.05) is 40.4 Å². The van der Waals surface area contributed by atoms with Crippen LogP contribution >= 0.6 is 0 Å². The minimum Gasteiger partial charge on any atom is -0.460 e. The zero-order valence-corrected chi connectivity index (χ0v) is 22.6. The third-order valence-electron chi connectivity index (χ3n) is 5.55. The van der Waals surface area contributed by atoms with Crippen LogP contribution in [0.1, 0.15) is 77.7 Å². The van der Waals surface area contributed by atoms with Crippen LogP contribution in [0.25, 0.3) is 0 Å². The monoisotopic (exact) mass is 499 g/mol. The van der Waals surface area contributed by atoms with E-state index < -0.39 is 11.6 Å². The lowest BCUT2D eigenvalue weighted by Gasteiger charge is -2.32. The van der Waals surface area contributed by atoms with Crippen molar-refractivity contribution in [3.8, 4) is 11.8 Å². The molecule has 0 aromatic heterocycles. The third-order valence-corrected chi connectivity index (χ3v) is 5.55. The normalized spacial score (nSPS) is 11.5. The van der Waals surface area contributed by atoms with Crippen LogP contribution in [0.2, 0.25) is 0 Å². The quantitative estimate of drug-likeness (QED) is 0.181. The van der Waals surface area contributed by atoms with E-state index in [4.69, 9.17) is 4.74 Å². The largest absolute Gasteiger partial charge is 0.460 e. The van der Waals surface area contributed by atoms with Crippen molar-refractivity contribution in [2.75, 3.05) is 30.9 Å². The van der Waals surface area contributed by atoms with Crippen molar-refractivity contribution in [1.29, 1.82) is 0 Å². The second kappa shape index (κ2) is 15.6. The Balaban J connectivity index is 2.95. The summed E-state index contributed by atoms with van der Waals surface area (Å²) in [6.45, 7) is 5.57. The molecule has 0 aliphatic heterocycles. The second-order valence-electron chi connectivity index (χ2n) is 9.68. The molecule has 8 heteroatoms. The van der Waals surface area contributed by atoms with Gasteiger partial charge in [0.1, 0.15) is 17.9 Å². The third kappa shape index (κ3) is 10.5. The molecule has 1 unspecified atom stereocenters. The van der Waals surface area contributed by atoms with Crippen molar-refractivity contribution in [3.63, 3.8) is 0 Å². The lowest BCUT2D eigenvalue weighted by atomic mass is 10.0. The topological polar surface area (TPSA) is 96.0 Å². The van der Waals surface area contributed by atoms with Crippen molar-refractivity contribution < 1.29 is 23.9 Å². The van der Waals surface area contributed by atoms with E-state index in [0.29, 0.717) is 49.0 Å². The zero-order valence-electron chi connectivity index (χ0n) is 22.6. The van der Waals surface area contributed by atoms with E-state index in [1.54, 1.807) is 21.1 Å². The van der Waals surface area contributed by atoms with Crippen molar-refractivity contribution in [3.05, 3.63) is 23.8 Å². The fraction of sp³-hybridized carbons (Fsp3) is 0.571. The Kier molecular flexibility index (Phi) is 13.3. The standard InChI is InChI=1S/C28H41N3O5/c1-28(2,3)36-25(34)19-11-9-7-8-10-15-22-16-14-18-23(26(22)30(5)21-33)31(6)24(27(35)29-4)17-12-13-20-32/h14,16,18,20-21,24H,7-9,11-13,17,19H2,1-6H3,(H,29,35). The van der Waals surface area contributed by atoms with E-state index >= 15 is 0 Å². The molecule has 8 nitrogen and oxygen atoms in total. The Labute approximate surface area is 215 Å². The number of aldehydes is 1. The van der Waals surface area contributed by atoms with Crippen LogP contribution in [0.15, 0.2) is 18.2 Å². The molecule has 1 aromatic rings. The van der Waals surface area contributed by atoms with Crippen LogP contribution in [0.4, 0.5) is 11.4 Å². The number of amides is 2. The molecule has 1 aromatic carbocycles. The van der Waals surface area contributed by atoms with Gasteiger partial charge in [0.2, 0.25) is 12.3 Å². The number of carbonyl (C=O) groups excluding carboxylic acids is 4. The Bertz CT molecular complexity index is 943. The average Bonchev–Trinajstić information content (AvgIpc) is 2.83. The number of carbonyl (C=O) groups is 4. The molecule has 1 N–H and O–H groups in total. The van der Waals surface area contributed by atoms with Crippen LogP contribution in [-0.2, 0) is 23.9 Å². The maximum Gasteiger partial charge on any atom is 0.306 e. The molecule has 0 saturated heterocycles. The molecular weight excluding hydrogens is 458 g/mol. The van der Waals surface area contributed by atoms with E-state index in [9.17, 15) is 19.2 Å². The van der Waals surface area contributed by atoms with E-state index in [1.807, 2.05) is 43.9 Å². The molecule has 0 bridgehead atoms. The predicted octanol–water partition coefficient (Wildman–Crippen LogP) is 3.84. The summed E-state index contributed by atoms with van der Waals surface area (Å²) in [7, 11) is 5.04. The highest BCUT2D eigenvalue weighted by molar-refractivity contribution is 5.91. The first-order valence-electron chi connectivity index (χ1n) is 12.5. The minimum absolute atomic E-state index is 0.161. The smallest absolute Gasteiger partial charge is 0.306 e. The fourth-order valence-corrected chi connectivity index (χ4v) is 3.78. The lowest BCUT2D eigenvalue weighted by Crippen LogP contribution is -2.44. The number of benzene rings is 1. The molecule has 198 valence electrons. The highest BCUT2D eigenvalue weighted by Gasteiger charge is 2.25. The Hall–Kier alpha value is -3.34. The number of hydrogen-bond donors (Lipinski definition) is 1. The number of unbranched alkanes of at least 4 members (excludes halogenated alkanes) is 4. The first kappa shape index (κ1) is 30.7.